The molecule has 164 valence electrons. The van der Waals surface area contributed by atoms with Crippen molar-refractivity contribution in [3.05, 3.63) is 23.8 Å². The molecule has 2 bridgehead atoms. The summed E-state index contributed by atoms with van der Waals surface area (Å²) in [6, 6.07) is 0. The van der Waals surface area contributed by atoms with E-state index in [-0.39, 0.29) is 42.9 Å². The minimum Gasteiger partial charge on any atom is -0.462 e. The highest BCUT2D eigenvalue weighted by Gasteiger charge is 2.43. The molecule has 2 aliphatic heterocycles. The number of allylic oxidation sites excluding steroid dienone is 3. The molecule has 0 amide bonds. The van der Waals surface area contributed by atoms with Crippen molar-refractivity contribution in [2.75, 3.05) is 0 Å². The standard InChI is InChI=1S/C24H32O6/c1-13-8-16-5-4-14(2)19-7-6-17-11-18(12-22(26)28-17)29-21(25)10-15(3)24(27)30-20(9-13)23(16)19/h4-5,8,13-15,17-20,23H,6-7,9-12H2,1-3H3/t13-,14-,15-,17-,18+,19-,20-,23-/m0/s1. The molecule has 2 aliphatic carbocycles. The Morgan fingerprint density at radius 2 is 1.60 bits per heavy atom. The van der Waals surface area contributed by atoms with Gasteiger partial charge in [-0.3, -0.25) is 14.4 Å². The van der Waals surface area contributed by atoms with Gasteiger partial charge in [-0.2, -0.15) is 0 Å². The van der Waals surface area contributed by atoms with Crippen LogP contribution in [-0.2, 0) is 28.6 Å². The molecule has 6 nitrogen and oxygen atoms in total. The summed E-state index contributed by atoms with van der Waals surface area (Å²) >= 11 is 0. The maximum absolute atomic E-state index is 12.8. The second-order valence-corrected chi connectivity index (χ2v) is 9.61. The summed E-state index contributed by atoms with van der Waals surface area (Å²) in [5.74, 6) is -0.568. The van der Waals surface area contributed by atoms with Crippen LogP contribution in [0, 0.1) is 29.6 Å². The fraction of sp³-hybridized carbons (Fsp3) is 0.708. The van der Waals surface area contributed by atoms with Crippen LogP contribution in [0.4, 0.5) is 0 Å². The van der Waals surface area contributed by atoms with E-state index in [1.165, 1.54) is 5.57 Å². The fourth-order valence-corrected chi connectivity index (χ4v) is 5.54. The van der Waals surface area contributed by atoms with E-state index in [0.717, 1.165) is 19.3 Å². The van der Waals surface area contributed by atoms with Crippen molar-refractivity contribution in [1.29, 1.82) is 0 Å². The molecular weight excluding hydrogens is 384 g/mol. The molecule has 2 saturated heterocycles. The molecule has 6 heteroatoms. The molecule has 30 heavy (non-hydrogen) atoms. The minimum absolute atomic E-state index is 0.0373. The molecule has 0 spiro atoms. The first-order chi connectivity index (χ1) is 14.3. The number of carbonyl (C=O) groups is 3. The third-order valence-electron chi connectivity index (χ3n) is 7.08. The van der Waals surface area contributed by atoms with E-state index in [9.17, 15) is 14.4 Å². The van der Waals surface area contributed by atoms with Crippen LogP contribution in [-0.4, -0.2) is 36.2 Å². The lowest BCUT2D eigenvalue weighted by Crippen LogP contribution is -2.43. The molecule has 0 aromatic rings. The summed E-state index contributed by atoms with van der Waals surface area (Å²) in [6.45, 7) is 6.06. The highest BCUT2D eigenvalue weighted by molar-refractivity contribution is 5.80. The van der Waals surface area contributed by atoms with Crippen molar-refractivity contribution in [1.82, 2.24) is 0 Å². The summed E-state index contributed by atoms with van der Waals surface area (Å²) in [6.07, 6.45) is 8.76. The van der Waals surface area contributed by atoms with Gasteiger partial charge in [0.05, 0.1) is 18.8 Å². The summed E-state index contributed by atoms with van der Waals surface area (Å²) in [5.41, 5.74) is 1.24. The number of esters is 3. The number of carbonyl (C=O) groups excluding carboxylic acids is 3. The zero-order valence-electron chi connectivity index (χ0n) is 18.0. The Morgan fingerprint density at radius 3 is 2.40 bits per heavy atom. The summed E-state index contributed by atoms with van der Waals surface area (Å²) in [7, 11) is 0. The van der Waals surface area contributed by atoms with Crippen LogP contribution >= 0.6 is 0 Å². The van der Waals surface area contributed by atoms with E-state index >= 15 is 0 Å². The van der Waals surface area contributed by atoms with E-state index in [4.69, 9.17) is 14.2 Å². The highest BCUT2D eigenvalue weighted by Crippen LogP contribution is 2.45. The first-order valence-corrected chi connectivity index (χ1v) is 11.3. The zero-order chi connectivity index (χ0) is 21.4. The number of ether oxygens (including phenoxy) is 3. The second-order valence-electron chi connectivity index (χ2n) is 9.61. The molecule has 0 aromatic heterocycles. The van der Waals surface area contributed by atoms with Crippen molar-refractivity contribution >= 4 is 17.9 Å². The largest absolute Gasteiger partial charge is 0.462 e. The van der Waals surface area contributed by atoms with Crippen molar-refractivity contribution in [3.63, 3.8) is 0 Å². The SMILES string of the molecule is C[C@H]1C=C2C=C[C@H](C)[C@@H]3CC[C@H]4C[C@H](CC(=O)O4)OC(=O)C[C@H](C)C(=O)O[C@@H](C1)[C@@H]23. The predicted molar refractivity (Wildman–Crippen MR) is 109 cm³/mol. The van der Waals surface area contributed by atoms with E-state index in [2.05, 4.69) is 32.1 Å². The number of rotatable bonds is 0. The Morgan fingerprint density at radius 1 is 0.867 bits per heavy atom. The number of hydrogen-bond acceptors (Lipinski definition) is 6. The molecule has 0 saturated carbocycles. The number of fused-ring (bicyclic) bond motifs is 2. The van der Waals surface area contributed by atoms with Crippen molar-refractivity contribution in [3.8, 4) is 0 Å². The topological polar surface area (TPSA) is 78.9 Å². The Bertz CT molecular complexity index is 768. The van der Waals surface area contributed by atoms with E-state index < -0.39 is 18.0 Å². The van der Waals surface area contributed by atoms with Crippen molar-refractivity contribution in [2.24, 2.45) is 29.6 Å². The average Bonchev–Trinajstić information content (AvgIpc) is 2.66. The summed E-state index contributed by atoms with van der Waals surface area (Å²) in [5, 5.41) is 0. The van der Waals surface area contributed by atoms with Gasteiger partial charge in [0.2, 0.25) is 0 Å². The van der Waals surface area contributed by atoms with Crippen LogP contribution < -0.4 is 0 Å². The smallest absolute Gasteiger partial charge is 0.309 e. The molecule has 8 atom stereocenters. The molecule has 0 N–H and O–H groups in total. The molecule has 0 unspecified atom stereocenters. The Kier molecular flexibility index (Phi) is 6.03. The van der Waals surface area contributed by atoms with Gasteiger partial charge in [0.25, 0.3) is 0 Å². The molecule has 4 rings (SSSR count). The second kappa shape index (κ2) is 8.56. The van der Waals surface area contributed by atoms with Gasteiger partial charge < -0.3 is 14.2 Å². The van der Waals surface area contributed by atoms with Gasteiger partial charge in [0, 0.05) is 12.3 Å². The van der Waals surface area contributed by atoms with Gasteiger partial charge in [-0.1, -0.05) is 39.0 Å². The van der Waals surface area contributed by atoms with Gasteiger partial charge in [-0.05, 0) is 42.6 Å². The lowest BCUT2D eigenvalue weighted by Gasteiger charge is -2.43. The molecule has 2 heterocycles. The average molecular weight is 417 g/mol. The Hall–Kier alpha value is -2.11. The van der Waals surface area contributed by atoms with Crippen LogP contribution in [0.5, 0.6) is 0 Å². The lowest BCUT2D eigenvalue weighted by molar-refractivity contribution is -0.174. The molecular formula is C24H32O6. The zero-order valence-corrected chi connectivity index (χ0v) is 18.0. The normalized spacial score (nSPS) is 42.1. The van der Waals surface area contributed by atoms with E-state index in [1.807, 2.05) is 0 Å². The molecule has 0 radical (unpaired) electrons. The van der Waals surface area contributed by atoms with Crippen LogP contribution in [0.15, 0.2) is 23.8 Å². The lowest BCUT2D eigenvalue weighted by atomic mass is 9.65. The Balaban J connectivity index is 1.64. The quantitative estimate of drug-likeness (QED) is 0.442. The third-order valence-corrected chi connectivity index (χ3v) is 7.08. The van der Waals surface area contributed by atoms with Gasteiger partial charge >= 0.3 is 17.9 Å². The molecule has 2 fully saturated rings. The van der Waals surface area contributed by atoms with Gasteiger partial charge in [0.15, 0.2) is 0 Å². The summed E-state index contributed by atoms with van der Waals surface area (Å²) in [4.78, 5) is 37.2. The maximum Gasteiger partial charge on any atom is 0.309 e. The fourth-order valence-electron chi connectivity index (χ4n) is 5.54. The first kappa shape index (κ1) is 21.1. The van der Waals surface area contributed by atoms with E-state index in [1.54, 1.807) is 6.92 Å². The Labute approximate surface area is 178 Å². The predicted octanol–water partition coefficient (Wildman–Crippen LogP) is 3.74. The van der Waals surface area contributed by atoms with Crippen LogP contribution in [0.1, 0.15) is 59.3 Å². The maximum atomic E-state index is 12.8. The first-order valence-electron chi connectivity index (χ1n) is 11.3. The van der Waals surface area contributed by atoms with Crippen molar-refractivity contribution in [2.45, 2.75) is 77.6 Å². The highest BCUT2D eigenvalue weighted by atomic mass is 16.6. The van der Waals surface area contributed by atoms with Crippen molar-refractivity contribution < 1.29 is 28.6 Å². The number of hydrogen-bond donors (Lipinski definition) is 0. The van der Waals surface area contributed by atoms with Crippen LogP contribution in [0.25, 0.3) is 0 Å². The monoisotopic (exact) mass is 416 g/mol. The van der Waals surface area contributed by atoms with Gasteiger partial charge in [0.1, 0.15) is 18.3 Å². The third kappa shape index (κ3) is 4.47. The summed E-state index contributed by atoms with van der Waals surface area (Å²) < 4.78 is 17.1. The minimum atomic E-state index is -0.577. The van der Waals surface area contributed by atoms with Gasteiger partial charge in [-0.25, -0.2) is 0 Å². The van der Waals surface area contributed by atoms with E-state index in [0.29, 0.717) is 24.2 Å². The molecule has 4 aliphatic rings. The van der Waals surface area contributed by atoms with Crippen LogP contribution in [0.2, 0.25) is 0 Å². The molecule has 0 aromatic carbocycles. The van der Waals surface area contributed by atoms with Crippen LogP contribution in [0.3, 0.4) is 0 Å². The van der Waals surface area contributed by atoms with Gasteiger partial charge in [-0.15, -0.1) is 0 Å².